The summed E-state index contributed by atoms with van der Waals surface area (Å²) in [7, 11) is 3.05. The molecule has 0 N–H and O–H groups in total. The van der Waals surface area contributed by atoms with Gasteiger partial charge in [-0.1, -0.05) is 6.07 Å². The van der Waals surface area contributed by atoms with E-state index in [-0.39, 0.29) is 0 Å². The number of hydrogen-bond donors (Lipinski definition) is 0. The maximum Gasteiger partial charge on any atom is 0.337 e. The maximum atomic E-state index is 12.0. The molecule has 3 aromatic heterocycles. The van der Waals surface area contributed by atoms with Crippen molar-refractivity contribution in [3.05, 3.63) is 60.4 Å². The fourth-order valence-electron chi connectivity index (χ4n) is 3.80. The molecule has 0 saturated heterocycles. The summed E-state index contributed by atoms with van der Waals surface area (Å²) in [4.78, 5) is 21.4. The highest BCUT2D eigenvalue weighted by Crippen LogP contribution is 2.34. The smallest absolute Gasteiger partial charge is 0.337 e. The zero-order chi connectivity index (χ0) is 22.1. The van der Waals surface area contributed by atoms with Gasteiger partial charge in [-0.15, -0.1) is 0 Å². The molecule has 5 rings (SSSR count). The number of hydrogen-bond acceptors (Lipinski definition) is 7. The molecule has 32 heavy (non-hydrogen) atoms. The first kappa shape index (κ1) is 20.0. The third-order valence-corrected chi connectivity index (χ3v) is 5.29. The molecule has 0 amide bonds. The van der Waals surface area contributed by atoms with Crippen LogP contribution in [0.25, 0.3) is 45.2 Å². The third-order valence-electron chi connectivity index (χ3n) is 5.29. The van der Waals surface area contributed by atoms with Gasteiger partial charge < -0.3 is 22.9 Å². The SMILES string of the molecule is COCCCn1c(-c2cccc3nc(-c4ccco4)oc23)nc2cc(C(=O)OC)ccc21. The molecule has 8 nitrogen and oxygen atoms in total. The molecule has 3 heterocycles. The number of carbonyl (C=O) groups is 1. The largest absolute Gasteiger partial charge is 0.465 e. The van der Waals surface area contributed by atoms with Crippen LogP contribution in [0.4, 0.5) is 0 Å². The number of benzene rings is 2. The Morgan fingerprint density at radius 3 is 2.75 bits per heavy atom. The van der Waals surface area contributed by atoms with E-state index in [9.17, 15) is 4.79 Å². The van der Waals surface area contributed by atoms with E-state index in [1.807, 2.05) is 24.3 Å². The second-order valence-electron chi connectivity index (χ2n) is 7.28. The molecule has 0 radical (unpaired) electrons. The summed E-state index contributed by atoms with van der Waals surface area (Å²) in [6.45, 7) is 1.31. The summed E-state index contributed by atoms with van der Waals surface area (Å²) in [5.74, 6) is 1.30. The molecule has 0 aliphatic carbocycles. The van der Waals surface area contributed by atoms with Crippen LogP contribution in [0.15, 0.2) is 63.6 Å². The van der Waals surface area contributed by atoms with Gasteiger partial charge in [0.25, 0.3) is 5.89 Å². The van der Waals surface area contributed by atoms with Gasteiger partial charge in [-0.05, 0) is 48.9 Å². The molecule has 5 aromatic rings. The van der Waals surface area contributed by atoms with Crippen LogP contribution in [-0.4, -0.2) is 41.3 Å². The summed E-state index contributed by atoms with van der Waals surface area (Å²) < 4.78 is 23.8. The average Bonchev–Trinajstić information content (AvgIpc) is 3.56. The molecule has 0 aliphatic heterocycles. The van der Waals surface area contributed by atoms with Gasteiger partial charge in [-0.2, -0.15) is 0 Å². The van der Waals surface area contributed by atoms with E-state index in [0.717, 1.165) is 23.3 Å². The lowest BCUT2D eigenvalue weighted by Crippen LogP contribution is -2.04. The monoisotopic (exact) mass is 431 g/mol. The number of furan rings is 1. The van der Waals surface area contributed by atoms with Crippen molar-refractivity contribution in [1.82, 2.24) is 14.5 Å². The number of methoxy groups -OCH3 is 2. The summed E-state index contributed by atoms with van der Waals surface area (Å²) >= 11 is 0. The summed E-state index contributed by atoms with van der Waals surface area (Å²) in [6.07, 6.45) is 2.39. The van der Waals surface area contributed by atoms with Gasteiger partial charge in [-0.3, -0.25) is 0 Å². The average molecular weight is 431 g/mol. The number of oxazole rings is 1. The topological polar surface area (TPSA) is 92.5 Å². The van der Waals surface area contributed by atoms with Crippen molar-refractivity contribution in [3.63, 3.8) is 0 Å². The van der Waals surface area contributed by atoms with Crippen LogP contribution in [-0.2, 0) is 16.0 Å². The van der Waals surface area contributed by atoms with E-state index in [1.54, 1.807) is 37.6 Å². The van der Waals surface area contributed by atoms with Crippen molar-refractivity contribution >= 4 is 28.1 Å². The van der Waals surface area contributed by atoms with E-state index in [0.29, 0.717) is 47.0 Å². The Bertz CT molecular complexity index is 1400. The van der Waals surface area contributed by atoms with Crippen molar-refractivity contribution in [2.75, 3.05) is 20.8 Å². The zero-order valence-corrected chi connectivity index (χ0v) is 17.7. The second kappa shape index (κ2) is 8.32. The molecular weight excluding hydrogens is 410 g/mol. The van der Waals surface area contributed by atoms with Gasteiger partial charge >= 0.3 is 5.97 Å². The molecule has 0 spiro atoms. The molecule has 0 fully saturated rings. The first-order chi connectivity index (χ1) is 15.7. The van der Waals surface area contributed by atoms with Gasteiger partial charge in [0.2, 0.25) is 0 Å². The number of rotatable bonds is 7. The molecule has 0 unspecified atom stereocenters. The van der Waals surface area contributed by atoms with Crippen LogP contribution in [0.2, 0.25) is 0 Å². The summed E-state index contributed by atoms with van der Waals surface area (Å²) in [6, 6.07) is 14.7. The number of para-hydroxylation sites is 1. The van der Waals surface area contributed by atoms with Crippen molar-refractivity contribution < 1.29 is 23.1 Å². The van der Waals surface area contributed by atoms with Crippen LogP contribution in [0, 0.1) is 0 Å². The van der Waals surface area contributed by atoms with E-state index in [1.165, 1.54) is 7.11 Å². The Kier molecular flexibility index (Phi) is 5.20. The van der Waals surface area contributed by atoms with E-state index in [4.69, 9.17) is 23.3 Å². The minimum atomic E-state index is -0.400. The quantitative estimate of drug-likeness (QED) is 0.266. The summed E-state index contributed by atoms with van der Waals surface area (Å²) in [5.41, 5.74) is 4.19. The Hall–Kier alpha value is -3.91. The number of aryl methyl sites for hydroxylation is 1. The third kappa shape index (κ3) is 3.44. The molecule has 0 aliphatic rings. The number of carbonyl (C=O) groups excluding carboxylic acids is 1. The standard InChI is InChI=1S/C24H21N3O5/c1-29-12-5-11-27-19-10-9-15(24(28)30-2)14-18(19)25-22(27)16-6-3-7-17-21(16)32-23(26-17)20-8-4-13-31-20/h3-4,6-10,13-14H,5,11-12H2,1-2H3. The number of esters is 1. The number of imidazole rings is 1. The predicted octanol–water partition coefficient (Wildman–Crippen LogP) is 4.93. The van der Waals surface area contributed by atoms with Crippen molar-refractivity contribution in [1.29, 1.82) is 0 Å². The molecule has 2 aromatic carbocycles. The fraction of sp³-hybridized carbons (Fsp3) is 0.208. The lowest BCUT2D eigenvalue weighted by atomic mass is 10.2. The maximum absolute atomic E-state index is 12.0. The highest BCUT2D eigenvalue weighted by Gasteiger charge is 2.20. The Morgan fingerprint density at radius 1 is 1.06 bits per heavy atom. The molecule has 0 atom stereocenters. The van der Waals surface area contributed by atoms with Crippen LogP contribution >= 0.6 is 0 Å². The van der Waals surface area contributed by atoms with E-state index < -0.39 is 5.97 Å². The Morgan fingerprint density at radius 2 is 1.97 bits per heavy atom. The Balaban J connectivity index is 1.69. The van der Waals surface area contributed by atoms with E-state index >= 15 is 0 Å². The molecule has 0 saturated carbocycles. The van der Waals surface area contributed by atoms with E-state index in [2.05, 4.69) is 9.55 Å². The fourth-order valence-corrected chi connectivity index (χ4v) is 3.80. The minimum absolute atomic E-state index is 0.400. The van der Waals surface area contributed by atoms with Crippen LogP contribution < -0.4 is 0 Å². The number of fused-ring (bicyclic) bond motifs is 2. The van der Waals surface area contributed by atoms with Crippen molar-refractivity contribution in [2.24, 2.45) is 0 Å². The lowest BCUT2D eigenvalue weighted by Gasteiger charge is -2.09. The van der Waals surface area contributed by atoms with Crippen molar-refractivity contribution in [2.45, 2.75) is 13.0 Å². The molecule has 162 valence electrons. The van der Waals surface area contributed by atoms with Gasteiger partial charge in [0.15, 0.2) is 11.3 Å². The van der Waals surface area contributed by atoms with Gasteiger partial charge in [0.1, 0.15) is 11.3 Å². The minimum Gasteiger partial charge on any atom is -0.465 e. The predicted molar refractivity (Wildman–Crippen MR) is 118 cm³/mol. The molecular formula is C24H21N3O5. The van der Waals surface area contributed by atoms with Crippen LogP contribution in [0.1, 0.15) is 16.8 Å². The number of ether oxygens (including phenoxy) is 2. The zero-order valence-electron chi connectivity index (χ0n) is 17.7. The number of aromatic nitrogens is 3. The van der Waals surface area contributed by atoms with Gasteiger partial charge in [0, 0.05) is 20.3 Å². The second-order valence-corrected chi connectivity index (χ2v) is 7.28. The lowest BCUT2D eigenvalue weighted by molar-refractivity contribution is 0.0601. The first-order valence-corrected chi connectivity index (χ1v) is 10.2. The first-order valence-electron chi connectivity index (χ1n) is 10.2. The van der Waals surface area contributed by atoms with Gasteiger partial charge in [0.05, 0.1) is 35.5 Å². The van der Waals surface area contributed by atoms with Crippen molar-refractivity contribution in [3.8, 4) is 23.0 Å². The summed E-state index contributed by atoms with van der Waals surface area (Å²) in [5, 5.41) is 0. The van der Waals surface area contributed by atoms with Gasteiger partial charge in [-0.25, -0.2) is 14.8 Å². The number of nitrogens with zero attached hydrogens (tertiary/aromatic N) is 3. The molecule has 8 heteroatoms. The normalized spacial score (nSPS) is 11.4. The van der Waals surface area contributed by atoms with Crippen LogP contribution in [0.5, 0.6) is 0 Å². The van der Waals surface area contributed by atoms with Crippen LogP contribution in [0.3, 0.4) is 0 Å². The highest BCUT2D eigenvalue weighted by atomic mass is 16.5. The highest BCUT2D eigenvalue weighted by molar-refractivity contribution is 5.96. The Labute approximate surface area is 183 Å². The molecule has 0 bridgehead atoms.